The number of nitrogens with one attached hydrogen (secondary N) is 3. The van der Waals surface area contributed by atoms with Gasteiger partial charge in [0.15, 0.2) is 0 Å². The van der Waals surface area contributed by atoms with E-state index in [0.29, 0.717) is 40.0 Å². The molecule has 0 aliphatic rings. The topological polar surface area (TPSA) is 119 Å². The first-order chi connectivity index (χ1) is 22.4. The van der Waals surface area contributed by atoms with E-state index in [9.17, 15) is 14.4 Å². The maximum atomic E-state index is 13.5. The Morgan fingerprint density at radius 3 is 2.15 bits per heavy atom. The van der Waals surface area contributed by atoms with Crippen LogP contribution in [0.5, 0.6) is 11.5 Å². The first-order valence-electron chi connectivity index (χ1n) is 14.2. The summed E-state index contributed by atoms with van der Waals surface area (Å²) < 4.78 is 16.7. The molecule has 1 aromatic heterocycles. The molecule has 4 aromatic carbocycles. The second kappa shape index (κ2) is 15.3. The van der Waals surface area contributed by atoms with Crippen LogP contribution in [-0.4, -0.2) is 37.7 Å². The fraction of sp³-hybridized carbons (Fsp3) is 0.0833. The lowest BCUT2D eigenvalue weighted by atomic mass is 10.1. The second-order valence-electron chi connectivity index (χ2n) is 9.80. The second-order valence-corrected chi connectivity index (χ2v) is 10.8. The van der Waals surface area contributed by atoms with E-state index in [4.69, 9.17) is 13.9 Å². The van der Waals surface area contributed by atoms with Crippen LogP contribution in [0.15, 0.2) is 130 Å². The number of anilines is 2. The van der Waals surface area contributed by atoms with Crippen LogP contribution in [0.25, 0.3) is 17.4 Å². The van der Waals surface area contributed by atoms with Crippen LogP contribution in [0.2, 0.25) is 0 Å². The van der Waals surface area contributed by atoms with Crippen molar-refractivity contribution in [3.8, 4) is 22.8 Å². The predicted octanol–water partition coefficient (Wildman–Crippen LogP) is 7.10. The van der Waals surface area contributed by atoms with Gasteiger partial charge < -0.3 is 29.8 Å². The zero-order valence-electron chi connectivity index (χ0n) is 25.1. The average Bonchev–Trinajstić information content (AvgIpc) is 3.56. The Balaban J connectivity index is 1.28. The molecule has 9 nitrogen and oxygen atoms in total. The minimum Gasteiger partial charge on any atom is -0.496 e. The predicted molar refractivity (Wildman–Crippen MR) is 180 cm³/mol. The molecule has 0 saturated heterocycles. The molecule has 0 atom stereocenters. The number of hydrogen-bond acceptors (Lipinski definition) is 7. The molecule has 0 saturated carbocycles. The highest BCUT2D eigenvalue weighted by Gasteiger charge is 2.17. The number of furan rings is 1. The average molecular weight is 634 g/mol. The van der Waals surface area contributed by atoms with Crippen molar-refractivity contribution < 1.29 is 28.3 Å². The van der Waals surface area contributed by atoms with Crippen molar-refractivity contribution in [3.63, 3.8) is 0 Å². The van der Waals surface area contributed by atoms with E-state index < -0.39 is 11.8 Å². The minimum absolute atomic E-state index is 0.0127. The Hall–Kier alpha value is -5.74. The third kappa shape index (κ3) is 8.25. The summed E-state index contributed by atoms with van der Waals surface area (Å²) in [5, 5.41) is 8.39. The van der Waals surface area contributed by atoms with Crippen molar-refractivity contribution in [1.82, 2.24) is 5.32 Å². The maximum absolute atomic E-state index is 13.5. The summed E-state index contributed by atoms with van der Waals surface area (Å²) >= 11 is 1.35. The fourth-order valence-electron chi connectivity index (χ4n) is 4.42. The lowest BCUT2D eigenvalue weighted by molar-refractivity contribution is -0.114. The Morgan fingerprint density at radius 1 is 0.739 bits per heavy atom. The third-order valence-corrected chi connectivity index (χ3v) is 7.69. The van der Waals surface area contributed by atoms with Crippen molar-refractivity contribution in [3.05, 3.63) is 132 Å². The molecule has 0 spiro atoms. The molecule has 0 aliphatic carbocycles. The summed E-state index contributed by atoms with van der Waals surface area (Å²) in [6.45, 7) is 0. The molecule has 46 heavy (non-hydrogen) atoms. The first-order valence-corrected chi connectivity index (χ1v) is 15.2. The van der Waals surface area contributed by atoms with E-state index in [0.717, 1.165) is 10.5 Å². The van der Waals surface area contributed by atoms with E-state index in [2.05, 4.69) is 16.0 Å². The van der Waals surface area contributed by atoms with Gasteiger partial charge in [-0.1, -0.05) is 42.5 Å². The van der Waals surface area contributed by atoms with Crippen molar-refractivity contribution in [1.29, 1.82) is 0 Å². The van der Waals surface area contributed by atoms with Crippen molar-refractivity contribution in [2.45, 2.75) is 4.90 Å². The van der Waals surface area contributed by atoms with Gasteiger partial charge in [0.05, 0.1) is 31.2 Å². The highest BCUT2D eigenvalue weighted by molar-refractivity contribution is 8.00. The normalized spacial score (nSPS) is 11.0. The van der Waals surface area contributed by atoms with Gasteiger partial charge in [-0.25, -0.2) is 0 Å². The van der Waals surface area contributed by atoms with E-state index in [-0.39, 0.29) is 17.4 Å². The number of carbonyl (C=O) groups excluding carboxylic acids is 3. The van der Waals surface area contributed by atoms with Gasteiger partial charge >= 0.3 is 0 Å². The monoisotopic (exact) mass is 633 g/mol. The standard InChI is InChI=1S/C36H31N3O6S/c1-43-31-14-8-6-12-28(31)32-21-18-26(45-32)22-30(39-35(41)24-10-4-3-5-11-24)36(42)37-25-16-19-27(20-17-25)46-23-34(40)38-29-13-7-9-15-33(29)44-2/h3-22H,23H2,1-2H3,(H,37,42)(H,38,40)(H,39,41). The Kier molecular flexibility index (Phi) is 10.5. The summed E-state index contributed by atoms with van der Waals surface area (Å²) in [5.41, 5.74) is 2.23. The number of rotatable bonds is 12. The fourth-order valence-corrected chi connectivity index (χ4v) is 5.12. The lowest BCUT2D eigenvalue weighted by Gasteiger charge is -2.12. The Bertz CT molecular complexity index is 1850. The Morgan fingerprint density at radius 2 is 1.41 bits per heavy atom. The van der Waals surface area contributed by atoms with Crippen LogP contribution in [0.4, 0.5) is 11.4 Å². The largest absolute Gasteiger partial charge is 0.496 e. The SMILES string of the molecule is COc1ccccc1NC(=O)CSc1ccc(NC(=O)C(=Cc2ccc(-c3ccccc3OC)o2)NC(=O)c2ccccc2)cc1. The summed E-state index contributed by atoms with van der Waals surface area (Å²) in [6, 6.07) is 33.7. The van der Waals surface area contributed by atoms with Crippen molar-refractivity contribution >= 4 is 46.9 Å². The van der Waals surface area contributed by atoms with Gasteiger partial charge in [0.25, 0.3) is 11.8 Å². The van der Waals surface area contributed by atoms with Crippen LogP contribution in [0, 0.1) is 0 Å². The number of amides is 3. The number of benzene rings is 4. The van der Waals surface area contributed by atoms with E-state index in [1.807, 2.05) is 36.4 Å². The number of hydrogen-bond donors (Lipinski definition) is 3. The number of ether oxygens (including phenoxy) is 2. The van der Waals surface area contributed by atoms with E-state index >= 15 is 0 Å². The van der Waals surface area contributed by atoms with Gasteiger partial charge in [0, 0.05) is 22.2 Å². The minimum atomic E-state index is -0.545. The van der Waals surface area contributed by atoms with Crippen LogP contribution in [-0.2, 0) is 9.59 Å². The van der Waals surface area contributed by atoms with Crippen LogP contribution < -0.4 is 25.4 Å². The molecule has 0 radical (unpaired) electrons. The van der Waals surface area contributed by atoms with Crippen LogP contribution in [0.3, 0.4) is 0 Å². The van der Waals surface area contributed by atoms with Gasteiger partial charge in [-0.05, 0) is 72.8 Å². The smallest absolute Gasteiger partial charge is 0.272 e. The molecule has 10 heteroatoms. The molecule has 0 fully saturated rings. The molecule has 232 valence electrons. The summed E-state index contributed by atoms with van der Waals surface area (Å²) in [4.78, 5) is 39.8. The van der Waals surface area contributed by atoms with E-state index in [1.54, 1.807) is 93.1 Å². The zero-order valence-corrected chi connectivity index (χ0v) is 25.9. The lowest BCUT2D eigenvalue weighted by Crippen LogP contribution is -2.30. The maximum Gasteiger partial charge on any atom is 0.272 e. The molecule has 5 rings (SSSR count). The number of thioether (sulfide) groups is 1. The first kappa shape index (κ1) is 31.7. The summed E-state index contributed by atoms with van der Waals surface area (Å²) in [5.74, 6) is 1.14. The molecular formula is C36H31N3O6S. The van der Waals surface area contributed by atoms with Gasteiger partial charge in [-0.2, -0.15) is 0 Å². The van der Waals surface area contributed by atoms with Gasteiger partial charge in [0.1, 0.15) is 28.7 Å². The third-order valence-electron chi connectivity index (χ3n) is 6.68. The molecule has 5 aromatic rings. The van der Waals surface area contributed by atoms with Gasteiger partial charge in [-0.3, -0.25) is 14.4 Å². The molecule has 1 heterocycles. The molecular weight excluding hydrogens is 602 g/mol. The van der Waals surface area contributed by atoms with Crippen LogP contribution >= 0.6 is 11.8 Å². The Labute approximate surface area is 270 Å². The van der Waals surface area contributed by atoms with Crippen molar-refractivity contribution in [2.24, 2.45) is 0 Å². The molecule has 0 aliphatic heterocycles. The number of para-hydroxylation sites is 3. The van der Waals surface area contributed by atoms with Crippen molar-refractivity contribution in [2.75, 3.05) is 30.6 Å². The zero-order chi connectivity index (χ0) is 32.3. The number of methoxy groups -OCH3 is 2. The summed E-state index contributed by atoms with van der Waals surface area (Å²) in [6.07, 6.45) is 1.47. The number of carbonyl (C=O) groups is 3. The summed E-state index contributed by atoms with van der Waals surface area (Å²) in [7, 11) is 3.13. The van der Waals surface area contributed by atoms with Crippen LogP contribution in [0.1, 0.15) is 16.1 Å². The highest BCUT2D eigenvalue weighted by atomic mass is 32.2. The van der Waals surface area contributed by atoms with Gasteiger partial charge in [0.2, 0.25) is 5.91 Å². The highest BCUT2D eigenvalue weighted by Crippen LogP contribution is 2.31. The van der Waals surface area contributed by atoms with E-state index in [1.165, 1.54) is 17.8 Å². The molecule has 3 N–H and O–H groups in total. The molecule has 0 bridgehead atoms. The van der Waals surface area contributed by atoms with Gasteiger partial charge in [-0.15, -0.1) is 11.8 Å². The molecule has 3 amide bonds. The molecule has 0 unspecified atom stereocenters. The quantitative estimate of drug-likeness (QED) is 0.0990.